The molecular formula is C27H24FN7O3. The highest BCUT2D eigenvalue weighted by molar-refractivity contribution is 5.98. The second kappa shape index (κ2) is 10.0. The first-order valence-electron chi connectivity index (χ1n) is 11.4. The van der Waals surface area contributed by atoms with Crippen molar-refractivity contribution in [1.29, 1.82) is 5.26 Å². The lowest BCUT2D eigenvalue weighted by atomic mass is 9.92. The Balaban J connectivity index is 1.79. The molecule has 0 aliphatic carbocycles. The Labute approximate surface area is 217 Å². The van der Waals surface area contributed by atoms with Gasteiger partial charge in [-0.25, -0.2) is 18.8 Å². The maximum atomic E-state index is 15.5. The fourth-order valence-corrected chi connectivity index (χ4v) is 3.63. The number of hydrogen-bond donors (Lipinski definition) is 2. The number of nitrogens with zero attached hydrogens (tertiary/aromatic N) is 5. The number of pyridine rings is 1. The summed E-state index contributed by atoms with van der Waals surface area (Å²) in [6, 6.07) is 16.1. The Morgan fingerprint density at radius 3 is 2.42 bits per heavy atom. The average molecular weight is 514 g/mol. The predicted molar refractivity (Wildman–Crippen MR) is 138 cm³/mol. The Morgan fingerprint density at radius 1 is 1.05 bits per heavy atom. The van der Waals surface area contributed by atoms with Gasteiger partial charge < -0.3 is 16.2 Å². The molecule has 0 radical (unpaired) electrons. The normalized spacial score (nSPS) is 11.0. The molecule has 2 aromatic heterocycles. The summed E-state index contributed by atoms with van der Waals surface area (Å²) in [5, 5.41) is 14.0. The first kappa shape index (κ1) is 25.8. The topological polar surface area (TPSA) is 153 Å². The van der Waals surface area contributed by atoms with Gasteiger partial charge in [-0.15, -0.1) is 0 Å². The van der Waals surface area contributed by atoms with Gasteiger partial charge >= 0.3 is 6.03 Å². The second-order valence-corrected chi connectivity index (χ2v) is 9.34. The molecule has 0 aliphatic heterocycles. The third-order valence-electron chi connectivity index (χ3n) is 5.51. The molecule has 0 fully saturated rings. The van der Waals surface area contributed by atoms with Crippen molar-refractivity contribution in [2.75, 3.05) is 4.90 Å². The highest BCUT2D eigenvalue weighted by Crippen LogP contribution is 2.35. The van der Waals surface area contributed by atoms with Gasteiger partial charge in [0, 0.05) is 29.8 Å². The number of amides is 3. The minimum atomic E-state index is -0.948. The zero-order chi connectivity index (χ0) is 27.6. The van der Waals surface area contributed by atoms with Gasteiger partial charge in [0.15, 0.2) is 5.82 Å². The molecule has 4 N–H and O–H groups in total. The van der Waals surface area contributed by atoms with E-state index in [9.17, 15) is 14.9 Å². The molecule has 3 amide bonds. The van der Waals surface area contributed by atoms with Crippen LogP contribution in [0.5, 0.6) is 11.5 Å². The Hall–Kier alpha value is -5.24. The van der Waals surface area contributed by atoms with E-state index in [0.29, 0.717) is 16.9 Å². The monoisotopic (exact) mass is 513 g/mol. The largest absolute Gasteiger partial charge is 0.457 e. The second-order valence-electron chi connectivity index (χ2n) is 9.34. The predicted octanol–water partition coefficient (Wildman–Crippen LogP) is 4.68. The number of carbonyl (C=O) groups is 2. The molecule has 4 aromatic rings. The quantitative estimate of drug-likeness (QED) is 0.382. The van der Waals surface area contributed by atoms with Crippen LogP contribution in [0.1, 0.15) is 42.5 Å². The van der Waals surface area contributed by atoms with Crippen LogP contribution in [0, 0.1) is 17.1 Å². The molecule has 38 heavy (non-hydrogen) atoms. The van der Waals surface area contributed by atoms with E-state index in [1.54, 1.807) is 30.3 Å². The van der Waals surface area contributed by atoms with Crippen LogP contribution in [0.4, 0.5) is 20.7 Å². The number of carbonyl (C=O) groups excluding carboxylic acids is 2. The van der Waals surface area contributed by atoms with E-state index in [4.69, 9.17) is 16.2 Å². The lowest BCUT2D eigenvalue weighted by Gasteiger charge is -2.22. The van der Waals surface area contributed by atoms with Gasteiger partial charge in [-0.2, -0.15) is 10.4 Å². The first-order valence-corrected chi connectivity index (χ1v) is 11.4. The molecule has 10 nitrogen and oxygen atoms in total. The van der Waals surface area contributed by atoms with Crippen LogP contribution < -0.4 is 21.1 Å². The van der Waals surface area contributed by atoms with Crippen molar-refractivity contribution in [3.63, 3.8) is 0 Å². The summed E-state index contributed by atoms with van der Waals surface area (Å²) >= 11 is 0. The van der Waals surface area contributed by atoms with Gasteiger partial charge in [-0.3, -0.25) is 9.78 Å². The number of aromatic nitrogens is 3. The van der Waals surface area contributed by atoms with Crippen LogP contribution in [0.15, 0.2) is 66.9 Å². The number of nitriles is 1. The highest BCUT2D eigenvalue weighted by Gasteiger charge is 2.28. The van der Waals surface area contributed by atoms with Crippen LogP contribution in [0.3, 0.4) is 0 Å². The molecule has 0 aliphatic rings. The molecule has 0 spiro atoms. The Kier molecular flexibility index (Phi) is 6.81. The molecule has 0 saturated carbocycles. The lowest BCUT2D eigenvalue weighted by molar-refractivity contribution is 0.0995. The number of anilines is 2. The zero-order valence-electron chi connectivity index (χ0n) is 20.8. The molecule has 2 heterocycles. The maximum Gasteiger partial charge on any atom is 0.325 e. The molecular weight excluding hydrogens is 489 g/mol. The van der Waals surface area contributed by atoms with E-state index in [2.05, 4.69) is 16.2 Å². The summed E-state index contributed by atoms with van der Waals surface area (Å²) < 4.78 is 22.6. The van der Waals surface area contributed by atoms with Crippen molar-refractivity contribution in [3.05, 3.63) is 89.6 Å². The van der Waals surface area contributed by atoms with Crippen LogP contribution in [0.25, 0.3) is 5.69 Å². The van der Waals surface area contributed by atoms with Crippen LogP contribution >= 0.6 is 0 Å². The smallest absolute Gasteiger partial charge is 0.325 e. The van der Waals surface area contributed by atoms with Gasteiger partial charge in [-0.05, 0) is 36.4 Å². The number of urea groups is 1. The Morgan fingerprint density at radius 2 is 1.79 bits per heavy atom. The molecule has 0 unspecified atom stereocenters. The number of ether oxygens (including phenoxy) is 1. The minimum Gasteiger partial charge on any atom is -0.457 e. The molecule has 4 rings (SSSR count). The van der Waals surface area contributed by atoms with E-state index < -0.39 is 23.2 Å². The third-order valence-corrected chi connectivity index (χ3v) is 5.51. The summed E-state index contributed by atoms with van der Waals surface area (Å²) in [5.41, 5.74) is 11.9. The van der Waals surface area contributed by atoms with Gasteiger partial charge in [0.2, 0.25) is 0 Å². The summed E-state index contributed by atoms with van der Waals surface area (Å²) in [6.45, 7) is 5.83. The molecule has 192 valence electrons. The van der Waals surface area contributed by atoms with E-state index in [0.717, 1.165) is 11.0 Å². The fourth-order valence-electron chi connectivity index (χ4n) is 3.63. The van der Waals surface area contributed by atoms with E-state index in [1.165, 1.54) is 35.1 Å². The number of benzene rings is 2. The molecule has 0 bridgehead atoms. The standard InChI is InChI=1S/C27H24FN7O3/c1-27(2,3)23-14-24(35(33-23)17-6-4-5-16(11-17)15-29)34(26(31)37)22-8-7-18(12-20(22)28)38-19-9-10-32-21(13-19)25(30)36/h4-14H,1-3H3,(H2,30,36)(H2,31,37). The summed E-state index contributed by atoms with van der Waals surface area (Å²) in [4.78, 5) is 28.9. The van der Waals surface area contributed by atoms with Gasteiger partial charge in [0.05, 0.1) is 28.7 Å². The van der Waals surface area contributed by atoms with Crippen LogP contribution in [0.2, 0.25) is 0 Å². The van der Waals surface area contributed by atoms with E-state index in [-0.39, 0.29) is 28.7 Å². The van der Waals surface area contributed by atoms with E-state index >= 15 is 4.39 Å². The number of primary amides is 2. The van der Waals surface area contributed by atoms with Gasteiger partial charge in [0.1, 0.15) is 23.0 Å². The van der Waals surface area contributed by atoms with Crippen molar-refractivity contribution in [3.8, 4) is 23.3 Å². The minimum absolute atomic E-state index is 0.0112. The van der Waals surface area contributed by atoms with Crippen LogP contribution in [-0.4, -0.2) is 26.7 Å². The summed E-state index contributed by atoms with van der Waals surface area (Å²) in [7, 11) is 0. The van der Waals surface area contributed by atoms with Crippen molar-refractivity contribution in [2.45, 2.75) is 26.2 Å². The third kappa shape index (κ3) is 5.29. The Bertz CT molecular complexity index is 1580. The number of nitrogens with two attached hydrogens (primary N) is 2. The molecule has 11 heteroatoms. The average Bonchev–Trinajstić information content (AvgIpc) is 3.31. The SMILES string of the molecule is CC(C)(C)c1cc(N(C(N)=O)c2ccc(Oc3ccnc(C(N)=O)c3)cc2F)n(-c2cccc(C#N)c2)n1. The molecule has 0 saturated heterocycles. The van der Waals surface area contributed by atoms with Crippen molar-refractivity contribution < 1.29 is 18.7 Å². The molecule has 0 atom stereocenters. The van der Waals surface area contributed by atoms with Gasteiger partial charge in [0.25, 0.3) is 5.91 Å². The lowest BCUT2D eigenvalue weighted by Crippen LogP contribution is -2.33. The van der Waals surface area contributed by atoms with Crippen LogP contribution in [-0.2, 0) is 5.41 Å². The summed E-state index contributed by atoms with van der Waals surface area (Å²) in [5.74, 6) is -1.03. The van der Waals surface area contributed by atoms with Crippen molar-refractivity contribution >= 4 is 23.4 Å². The van der Waals surface area contributed by atoms with Crippen molar-refractivity contribution in [1.82, 2.24) is 14.8 Å². The van der Waals surface area contributed by atoms with Crippen molar-refractivity contribution in [2.24, 2.45) is 11.5 Å². The highest BCUT2D eigenvalue weighted by atomic mass is 19.1. The fraction of sp³-hybridized carbons (Fsp3) is 0.148. The maximum absolute atomic E-state index is 15.5. The van der Waals surface area contributed by atoms with Gasteiger partial charge in [-0.1, -0.05) is 26.8 Å². The zero-order valence-corrected chi connectivity index (χ0v) is 20.8. The number of halogens is 1. The molecule has 2 aromatic carbocycles. The first-order chi connectivity index (χ1) is 18.0. The summed E-state index contributed by atoms with van der Waals surface area (Å²) in [6.07, 6.45) is 1.34. The number of hydrogen-bond acceptors (Lipinski definition) is 6. The number of rotatable bonds is 6. The van der Waals surface area contributed by atoms with E-state index in [1.807, 2.05) is 20.8 Å².